The summed E-state index contributed by atoms with van der Waals surface area (Å²) in [4.78, 5) is 20.9. The van der Waals surface area contributed by atoms with E-state index in [1.54, 1.807) is 0 Å². The average Bonchev–Trinajstić information content (AvgIpc) is 2.09. The summed E-state index contributed by atoms with van der Waals surface area (Å²) in [5.74, 6) is -0.785. The van der Waals surface area contributed by atoms with Gasteiger partial charge in [-0.2, -0.15) is 12.7 Å². The van der Waals surface area contributed by atoms with Crippen LogP contribution in [0.25, 0.3) is 0 Å². The average molecular weight is 258 g/mol. The highest BCUT2D eigenvalue weighted by atomic mass is 35.7. The number of carboxylic acid groups (broad SMARTS) is 1. The predicted octanol–water partition coefficient (Wildman–Crippen LogP) is 0.179. The van der Waals surface area contributed by atoms with E-state index in [0.717, 1.165) is 6.08 Å². The summed E-state index contributed by atoms with van der Waals surface area (Å²) in [5, 5.41) is 8.43. The Kier molecular flexibility index (Phi) is 5.09. The Bertz CT molecular complexity index is 364. The molecule has 0 heterocycles. The Hall–Kier alpha value is -1.28. The highest BCUT2D eigenvalue weighted by molar-refractivity contribution is 8.12. The molecule has 0 unspecified atom stereocenters. The van der Waals surface area contributed by atoms with Crippen LogP contribution < -0.4 is 0 Å². The molecule has 0 bridgehead atoms. The zero-order valence-electron chi connectivity index (χ0n) is 7.42. The monoisotopic (exact) mass is 257 g/mol. The second kappa shape index (κ2) is 5.56. The molecule has 0 aliphatic carbocycles. The van der Waals surface area contributed by atoms with Crippen LogP contribution in [0.3, 0.4) is 0 Å². The topological polar surface area (TPSA) is 101 Å². The molecule has 15 heavy (non-hydrogen) atoms. The summed E-state index contributed by atoms with van der Waals surface area (Å²) in [7, 11) is 0.420. The lowest BCUT2D eigenvalue weighted by molar-refractivity contribution is -0.137. The molecule has 7 nitrogen and oxygen atoms in total. The van der Waals surface area contributed by atoms with Crippen molar-refractivity contribution in [3.63, 3.8) is 0 Å². The van der Waals surface area contributed by atoms with E-state index in [-0.39, 0.29) is 4.31 Å². The zero-order valence-corrected chi connectivity index (χ0v) is 8.99. The van der Waals surface area contributed by atoms with Crippen molar-refractivity contribution in [1.82, 2.24) is 4.31 Å². The van der Waals surface area contributed by atoms with Gasteiger partial charge >= 0.3 is 21.3 Å². The third-order valence-corrected chi connectivity index (χ3v) is 2.55. The summed E-state index contributed by atoms with van der Waals surface area (Å²) in [6.45, 7) is 2.10. The maximum absolute atomic E-state index is 10.7. The first kappa shape index (κ1) is 13.7. The van der Waals surface area contributed by atoms with Gasteiger partial charge in [-0.3, -0.25) is 0 Å². The number of rotatable bonds is 5. The van der Waals surface area contributed by atoms with Crippen LogP contribution in [0.5, 0.6) is 0 Å². The van der Waals surface area contributed by atoms with Crippen LogP contribution in [0.2, 0.25) is 0 Å². The molecule has 86 valence electrons. The standard InChI is InChI=1S/C6H8ClNO6S/c1-2-5(9)14-4-3-8(6(10)11)15(7,12)13/h2H,1,3-4H2,(H,10,11). The van der Waals surface area contributed by atoms with Crippen LogP contribution >= 0.6 is 10.7 Å². The maximum Gasteiger partial charge on any atom is 0.422 e. The summed E-state index contributed by atoms with van der Waals surface area (Å²) in [5.41, 5.74) is 0. The van der Waals surface area contributed by atoms with Gasteiger partial charge in [0, 0.05) is 16.8 Å². The number of esters is 1. The van der Waals surface area contributed by atoms with E-state index in [1.165, 1.54) is 0 Å². The SMILES string of the molecule is C=CC(=O)OCCN(C(=O)O)S(=O)(=O)Cl. The molecule has 1 N–H and O–H groups in total. The van der Waals surface area contributed by atoms with Gasteiger partial charge < -0.3 is 9.84 Å². The lowest BCUT2D eigenvalue weighted by Gasteiger charge is -2.13. The van der Waals surface area contributed by atoms with Crippen LogP contribution in [0, 0.1) is 0 Å². The number of halogens is 1. The van der Waals surface area contributed by atoms with Gasteiger partial charge in [0.2, 0.25) is 0 Å². The van der Waals surface area contributed by atoms with Gasteiger partial charge in [-0.25, -0.2) is 9.59 Å². The second-order valence-corrected chi connectivity index (χ2v) is 4.60. The quantitative estimate of drug-likeness (QED) is 0.428. The first-order valence-corrected chi connectivity index (χ1v) is 5.80. The van der Waals surface area contributed by atoms with Crippen LogP contribution in [0.1, 0.15) is 0 Å². The summed E-state index contributed by atoms with van der Waals surface area (Å²) < 4.78 is 25.7. The molecule has 1 amide bonds. The summed E-state index contributed by atoms with van der Waals surface area (Å²) >= 11 is 0. The molecular formula is C6H8ClNO6S. The van der Waals surface area contributed by atoms with E-state index >= 15 is 0 Å². The number of hydrogen-bond acceptors (Lipinski definition) is 5. The molecule has 0 radical (unpaired) electrons. The smallest absolute Gasteiger partial charge is 0.422 e. The van der Waals surface area contributed by atoms with Crippen LogP contribution in [0.15, 0.2) is 12.7 Å². The fourth-order valence-corrected chi connectivity index (χ4v) is 1.45. The van der Waals surface area contributed by atoms with Gasteiger partial charge in [-0.15, -0.1) is 0 Å². The van der Waals surface area contributed by atoms with Gasteiger partial charge in [-0.05, 0) is 0 Å². The molecule has 0 saturated carbocycles. The van der Waals surface area contributed by atoms with Crippen molar-refractivity contribution in [3.8, 4) is 0 Å². The molecule has 0 spiro atoms. The van der Waals surface area contributed by atoms with E-state index in [2.05, 4.69) is 11.3 Å². The summed E-state index contributed by atoms with van der Waals surface area (Å²) in [6.07, 6.45) is -0.889. The zero-order chi connectivity index (χ0) is 12.1. The third kappa shape index (κ3) is 5.23. The Labute approximate surface area is 90.4 Å². The Morgan fingerprint density at radius 1 is 1.53 bits per heavy atom. The molecule has 0 aliphatic rings. The highest BCUT2D eigenvalue weighted by Gasteiger charge is 2.24. The molecular weight excluding hydrogens is 250 g/mol. The van der Waals surface area contributed by atoms with E-state index in [0.29, 0.717) is 0 Å². The van der Waals surface area contributed by atoms with E-state index in [1.807, 2.05) is 0 Å². The number of ether oxygens (including phenoxy) is 1. The Morgan fingerprint density at radius 3 is 2.40 bits per heavy atom. The van der Waals surface area contributed by atoms with Crippen molar-refractivity contribution < 1.29 is 27.9 Å². The van der Waals surface area contributed by atoms with E-state index in [9.17, 15) is 18.0 Å². The predicted molar refractivity (Wildman–Crippen MR) is 50.7 cm³/mol. The Balaban J connectivity index is 4.29. The summed E-state index contributed by atoms with van der Waals surface area (Å²) in [6, 6.07) is 0. The number of hydrogen-bond donors (Lipinski definition) is 1. The van der Waals surface area contributed by atoms with Crippen LogP contribution in [-0.4, -0.2) is 43.0 Å². The minimum absolute atomic E-state index is 0.0507. The molecule has 0 atom stereocenters. The minimum atomic E-state index is -4.38. The minimum Gasteiger partial charge on any atom is -0.464 e. The van der Waals surface area contributed by atoms with Crippen LogP contribution in [0.4, 0.5) is 4.79 Å². The van der Waals surface area contributed by atoms with Crippen molar-refractivity contribution in [2.24, 2.45) is 0 Å². The van der Waals surface area contributed by atoms with Crippen molar-refractivity contribution in [3.05, 3.63) is 12.7 Å². The van der Waals surface area contributed by atoms with Gasteiger partial charge in [-0.1, -0.05) is 6.58 Å². The number of amides is 1. The third-order valence-electron chi connectivity index (χ3n) is 1.18. The van der Waals surface area contributed by atoms with Gasteiger partial charge in [0.15, 0.2) is 0 Å². The van der Waals surface area contributed by atoms with Crippen molar-refractivity contribution in [2.75, 3.05) is 13.2 Å². The largest absolute Gasteiger partial charge is 0.464 e. The van der Waals surface area contributed by atoms with Crippen molar-refractivity contribution in [2.45, 2.75) is 0 Å². The molecule has 0 aliphatic heterocycles. The molecule has 0 aromatic rings. The first-order chi connectivity index (χ1) is 6.79. The van der Waals surface area contributed by atoms with Gasteiger partial charge in [0.1, 0.15) is 6.61 Å². The van der Waals surface area contributed by atoms with Crippen molar-refractivity contribution in [1.29, 1.82) is 0 Å². The second-order valence-electron chi connectivity index (χ2n) is 2.17. The van der Waals surface area contributed by atoms with Gasteiger partial charge in [0.25, 0.3) is 0 Å². The lowest BCUT2D eigenvalue weighted by atomic mass is 10.6. The molecule has 0 rings (SSSR count). The molecule has 0 aromatic carbocycles. The number of carbonyl (C=O) groups excluding carboxylic acids is 1. The fraction of sp³-hybridized carbons (Fsp3) is 0.333. The van der Waals surface area contributed by atoms with Gasteiger partial charge in [0.05, 0.1) is 6.54 Å². The van der Waals surface area contributed by atoms with E-state index in [4.69, 9.17) is 15.8 Å². The number of carbonyl (C=O) groups is 2. The fourth-order valence-electron chi connectivity index (χ4n) is 0.586. The Morgan fingerprint density at radius 2 is 2.07 bits per heavy atom. The lowest BCUT2D eigenvalue weighted by Crippen LogP contribution is -2.35. The van der Waals surface area contributed by atoms with Crippen LogP contribution in [-0.2, 0) is 18.8 Å². The highest BCUT2D eigenvalue weighted by Crippen LogP contribution is 2.06. The maximum atomic E-state index is 10.7. The molecule has 9 heteroatoms. The normalized spacial score (nSPS) is 10.5. The molecule has 0 saturated heterocycles. The number of nitrogens with zero attached hydrogens (tertiary/aromatic N) is 1. The molecule has 0 fully saturated rings. The first-order valence-electron chi connectivity index (χ1n) is 3.53. The van der Waals surface area contributed by atoms with E-state index < -0.39 is 34.5 Å². The van der Waals surface area contributed by atoms with Crippen molar-refractivity contribution >= 4 is 32.0 Å². The molecule has 0 aromatic heterocycles.